The molecular weight excluding hydrogens is 242 g/mol. The molecular formula is C12H14F2N2S. The number of halogens is 2. The van der Waals surface area contributed by atoms with Crippen molar-refractivity contribution >= 4 is 17.4 Å². The van der Waals surface area contributed by atoms with Gasteiger partial charge in [-0.3, -0.25) is 0 Å². The maximum absolute atomic E-state index is 13.4. The molecule has 0 aliphatic heterocycles. The Labute approximate surface area is 104 Å². The van der Waals surface area contributed by atoms with Crippen molar-refractivity contribution in [1.29, 1.82) is 5.26 Å². The van der Waals surface area contributed by atoms with Crippen LogP contribution in [-0.2, 0) is 0 Å². The van der Waals surface area contributed by atoms with Gasteiger partial charge in [-0.1, -0.05) is 0 Å². The van der Waals surface area contributed by atoms with Crippen LogP contribution < -0.4 is 5.73 Å². The van der Waals surface area contributed by atoms with Gasteiger partial charge >= 0.3 is 0 Å². The van der Waals surface area contributed by atoms with Crippen LogP contribution in [0.15, 0.2) is 17.0 Å². The van der Waals surface area contributed by atoms with E-state index in [1.807, 2.05) is 0 Å². The number of hydrogen-bond donors (Lipinski definition) is 1. The van der Waals surface area contributed by atoms with Crippen molar-refractivity contribution in [2.75, 3.05) is 11.5 Å². The molecule has 5 heteroatoms. The van der Waals surface area contributed by atoms with E-state index in [-0.39, 0.29) is 10.6 Å². The summed E-state index contributed by atoms with van der Waals surface area (Å²) in [6, 6.07) is 4.34. The zero-order valence-corrected chi connectivity index (χ0v) is 10.6. The number of nitriles is 1. The summed E-state index contributed by atoms with van der Waals surface area (Å²) < 4.78 is 26.8. The van der Waals surface area contributed by atoms with Crippen molar-refractivity contribution in [3.63, 3.8) is 0 Å². The SMILES string of the molecule is CC(C)(C#N)CCSc1c(F)cc(N)cc1F. The zero-order chi connectivity index (χ0) is 13.1. The number of thioether (sulfide) groups is 1. The Hall–Kier alpha value is -1.28. The van der Waals surface area contributed by atoms with E-state index in [2.05, 4.69) is 6.07 Å². The highest BCUT2D eigenvalue weighted by Gasteiger charge is 2.18. The van der Waals surface area contributed by atoms with Gasteiger partial charge in [0.1, 0.15) is 11.6 Å². The number of nitrogens with zero attached hydrogens (tertiary/aromatic N) is 1. The molecule has 2 nitrogen and oxygen atoms in total. The molecule has 2 N–H and O–H groups in total. The van der Waals surface area contributed by atoms with Gasteiger partial charge in [-0.2, -0.15) is 5.26 Å². The summed E-state index contributed by atoms with van der Waals surface area (Å²) in [6.45, 7) is 3.59. The molecule has 1 rings (SSSR count). The predicted octanol–water partition coefficient (Wildman–Crippen LogP) is 3.58. The van der Waals surface area contributed by atoms with E-state index in [9.17, 15) is 8.78 Å². The number of nitrogen functional groups attached to an aromatic ring is 1. The third kappa shape index (κ3) is 3.90. The Bertz CT molecular complexity index is 429. The van der Waals surface area contributed by atoms with Crippen LogP contribution in [0.1, 0.15) is 20.3 Å². The van der Waals surface area contributed by atoms with Crippen molar-refractivity contribution < 1.29 is 8.78 Å². The predicted molar refractivity (Wildman–Crippen MR) is 65.5 cm³/mol. The molecule has 0 aliphatic rings. The summed E-state index contributed by atoms with van der Waals surface area (Å²) in [6.07, 6.45) is 0.567. The van der Waals surface area contributed by atoms with Gasteiger partial charge in [0, 0.05) is 5.69 Å². The molecule has 0 fully saturated rings. The van der Waals surface area contributed by atoms with Gasteiger partial charge in [-0.15, -0.1) is 11.8 Å². The van der Waals surface area contributed by atoms with Crippen molar-refractivity contribution in [3.8, 4) is 6.07 Å². The maximum atomic E-state index is 13.4. The van der Waals surface area contributed by atoms with E-state index in [0.717, 1.165) is 23.9 Å². The highest BCUT2D eigenvalue weighted by Crippen LogP contribution is 2.30. The molecule has 0 radical (unpaired) electrons. The summed E-state index contributed by atoms with van der Waals surface area (Å²) in [4.78, 5) is -0.0343. The fourth-order valence-corrected chi connectivity index (χ4v) is 2.39. The van der Waals surface area contributed by atoms with Gasteiger partial charge < -0.3 is 5.73 Å². The summed E-state index contributed by atoms with van der Waals surface area (Å²) in [5.74, 6) is -0.817. The van der Waals surface area contributed by atoms with Crippen LogP contribution in [0.5, 0.6) is 0 Å². The van der Waals surface area contributed by atoms with E-state index in [0.29, 0.717) is 12.2 Å². The molecule has 0 amide bonds. The van der Waals surface area contributed by atoms with Crippen molar-refractivity contribution in [2.45, 2.75) is 25.2 Å². The fraction of sp³-hybridized carbons (Fsp3) is 0.417. The number of hydrogen-bond acceptors (Lipinski definition) is 3. The van der Waals surface area contributed by atoms with Crippen LogP contribution in [0, 0.1) is 28.4 Å². The number of nitrogens with two attached hydrogens (primary N) is 1. The topological polar surface area (TPSA) is 49.8 Å². The molecule has 0 saturated heterocycles. The molecule has 0 atom stereocenters. The minimum atomic E-state index is -0.651. The van der Waals surface area contributed by atoms with Crippen LogP contribution in [0.4, 0.5) is 14.5 Å². The summed E-state index contributed by atoms with van der Waals surface area (Å²) >= 11 is 1.07. The Morgan fingerprint density at radius 2 is 1.88 bits per heavy atom. The van der Waals surface area contributed by atoms with Crippen molar-refractivity contribution in [1.82, 2.24) is 0 Å². The molecule has 17 heavy (non-hydrogen) atoms. The van der Waals surface area contributed by atoms with Crippen LogP contribution in [0.25, 0.3) is 0 Å². The minimum absolute atomic E-state index is 0.0343. The molecule has 0 aliphatic carbocycles. The lowest BCUT2D eigenvalue weighted by Gasteiger charge is -2.14. The first-order valence-electron chi connectivity index (χ1n) is 5.14. The van der Waals surface area contributed by atoms with Crippen molar-refractivity contribution in [2.24, 2.45) is 5.41 Å². The van der Waals surface area contributed by atoms with Crippen LogP contribution in [-0.4, -0.2) is 5.75 Å². The monoisotopic (exact) mass is 256 g/mol. The molecule has 0 saturated carbocycles. The van der Waals surface area contributed by atoms with Crippen LogP contribution in [0.3, 0.4) is 0 Å². The number of rotatable bonds is 4. The summed E-state index contributed by atoms with van der Waals surface area (Å²) in [5, 5.41) is 8.81. The lowest BCUT2D eigenvalue weighted by atomic mass is 9.93. The van der Waals surface area contributed by atoms with Gasteiger partial charge in [0.2, 0.25) is 0 Å². The van der Waals surface area contributed by atoms with Gasteiger partial charge in [0.15, 0.2) is 0 Å². The molecule has 0 unspecified atom stereocenters. The number of benzene rings is 1. The molecule has 0 heterocycles. The number of anilines is 1. The maximum Gasteiger partial charge on any atom is 0.141 e. The van der Waals surface area contributed by atoms with Crippen molar-refractivity contribution in [3.05, 3.63) is 23.8 Å². The average Bonchev–Trinajstić information content (AvgIpc) is 2.22. The second-order valence-corrected chi connectivity index (χ2v) is 5.51. The highest BCUT2D eigenvalue weighted by molar-refractivity contribution is 7.99. The average molecular weight is 256 g/mol. The third-order valence-corrected chi connectivity index (χ3v) is 3.38. The Kier molecular flexibility index (Phi) is 4.35. The Balaban J connectivity index is 2.68. The quantitative estimate of drug-likeness (QED) is 0.661. The lowest BCUT2D eigenvalue weighted by Crippen LogP contribution is -2.08. The largest absolute Gasteiger partial charge is 0.399 e. The van der Waals surface area contributed by atoms with E-state index in [4.69, 9.17) is 11.0 Å². The molecule has 0 spiro atoms. The lowest BCUT2D eigenvalue weighted by molar-refractivity contribution is 0.481. The molecule has 1 aromatic carbocycles. The summed E-state index contributed by atoms with van der Waals surface area (Å²) in [7, 11) is 0. The molecule has 0 bridgehead atoms. The van der Waals surface area contributed by atoms with E-state index >= 15 is 0 Å². The molecule has 92 valence electrons. The first-order chi connectivity index (χ1) is 7.85. The standard InChI is InChI=1S/C12H14F2N2S/c1-12(2,7-15)3-4-17-11-9(13)5-8(16)6-10(11)14/h5-6H,3-4,16H2,1-2H3. The van der Waals surface area contributed by atoms with Crippen LogP contribution in [0.2, 0.25) is 0 Å². The Morgan fingerprint density at radius 3 is 2.35 bits per heavy atom. The van der Waals surface area contributed by atoms with E-state index < -0.39 is 17.0 Å². The zero-order valence-electron chi connectivity index (χ0n) is 9.76. The fourth-order valence-electron chi connectivity index (χ4n) is 1.18. The van der Waals surface area contributed by atoms with Gasteiger partial charge in [0.05, 0.1) is 16.4 Å². The second kappa shape index (κ2) is 5.37. The smallest absolute Gasteiger partial charge is 0.141 e. The van der Waals surface area contributed by atoms with Crippen LogP contribution >= 0.6 is 11.8 Å². The van der Waals surface area contributed by atoms with E-state index in [1.165, 1.54) is 0 Å². The molecule has 0 aromatic heterocycles. The first kappa shape index (κ1) is 13.8. The van der Waals surface area contributed by atoms with Gasteiger partial charge in [-0.25, -0.2) is 8.78 Å². The highest BCUT2D eigenvalue weighted by atomic mass is 32.2. The molecule has 1 aromatic rings. The second-order valence-electron chi connectivity index (χ2n) is 4.41. The normalized spacial score (nSPS) is 11.2. The van der Waals surface area contributed by atoms with Gasteiger partial charge in [0.25, 0.3) is 0 Å². The first-order valence-corrected chi connectivity index (χ1v) is 6.13. The van der Waals surface area contributed by atoms with Gasteiger partial charge in [-0.05, 0) is 38.2 Å². The van der Waals surface area contributed by atoms with E-state index in [1.54, 1.807) is 13.8 Å². The Morgan fingerprint density at radius 1 is 1.35 bits per heavy atom. The minimum Gasteiger partial charge on any atom is -0.399 e. The summed E-state index contributed by atoms with van der Waals surface area (Å²) in [5.41, 5.74) is 4.91. The third-order valence-electron chi connectivity index (χ3n) is 2.30.